The summed E-state index contributed by atoms with van der Waals surface area (Å²) in [5.41, 5.74) is 3.39. The lowest BCUT2D eigenvalue weighted by molar-refractivity contribution is 0.0954. The molecule has 1 aromatic heterocycles. The number of amides is 1. The van der Waals surface area contributed by atoms with Gasteiger partial charge in [0.15, 0.2) is 0 Å². The first-order chi connectivity index (χ1) is 15.1. The summed E-state index contributed by atoms with van der Waals surface area (Å²) in [5.74, 6) is -0.167. The molecule has 2 aromatic carbocycles. The van der Waals surface area contributed by atoms with Gasteiger partial charge in [0, 0.05) is 31.0 Å². The van der Waals surface area contributed by atoms with E-state index in [9.17, 15) is 13.2 Å². The minimum atomic E-state index is -3.62. The predicted molar refractivity (Wildman–Crippen MR) is 126 cm³/mol. The summed E-state index contributed by atoms with van der Waals surface area (Å²) in [6, 6.07) is 17.7. The molecule has 1 amide bonds. The van der Waals surface area contributed by atoms with Crippen molar-refractivity contribution in [3.8, 4) is 0 Å². The summed E-state index contributed by atoms with van der Waals surface area (Å²) in [6.45, 7) is 6.91. The van der Waals surface area contributed by atoms with Gasteiger partial charge in [-0.15, -0.1) is 0 Å². The van der Waals surface area contributed by atoms with E-state index in [1.807, 2.05) is 24.3 Å². The molecule has 7 heteroatoms. The number of pyridine rings is 1. The average Bonchev–Trinajstić information content (AvgIpc) is 2.78. The summed E-state index contributed by atoms with van der Waals surface area (Å²) in [4.78, 5) is 16.6. The summed E-state index contributed by atoms with van der Waals surface area (Å²) in [7, 11) is -3.62. The van der Waals surface area contributed by atoms with Crippen LogP contribution in [0.5, 0.6) is 0 Å². The fourth-order valence-electron chi connectivity index (χ4n) is 3.14. The normalized spacial score (nSPS) is 11.8. The van der Waals surface area contributed by atoms with E-state index in [0.29, 0.717) is 18.5 Å². The van der Waals surface area contributed by atoms with Crippen LogP contribution in [0.25, 0.3) is 0 Å². The minimum Gasteiger partial charge on any atom is -0.352 e. The first-order valence-corrected chi connectivity index (χ1v) is 12.0. The standard InChI is InChI=1S/C25H29N3O3S/c1-25(2,3)22-10-12-23(13-11-22)32(30,31)28-18-20-6-8-21(9-7-20)24(29)27-16-14-19-5-4-15-26-17-19/h4-13,15,17,28H,14,16,18H2,1-3H3,(H,27,29). The van der Waals surface area contributed by atoms with Gasteiger partial charge in [0.25, 0.3) is 5.91 Å². The van der Waals surface area contributed by atoms with Crippen molar-refractivity contribution in [1.29, 1.82) is 0 Å². The van der Waals surface area contributed by atoms with Gasteiger partial charge in [0.1, 0.15) is 0 Å². The molecule has 0 aliphatic rings. The second kappa shape index (κ2) is 10.1. The van der Waals surface area contributed by atoms with Gasteiger partial charge in [-0.2, -0.15) is 0 Å². The van der Waals surface area contributed by atoms with Crippen molar-refractivity contribution in [2.75, 3.05) is 6.54 Å². The van der Waals surface area contributed by atoms with Gasteiger partial charge in [-0.25, -0.2) is 13.1 Å². The first-order valence-electron chi connectivity index (χ1n) is 10.5. The Kier molecular flexibility index (Phi) is 7.43. The van der Waals surface area contributed by atoms with Crippen molar-refractivity contribution < 1.29 is 13.2 Å². The molecule has 32 heavy (non-hydrogen) atoms. The van der Waals surface area contributed by atoms with E-state index in [1.165, 1.54) is 0 Å². The lowest BCUT2D eigenvalue weighted by Crippen LogP contribution is -2.26. The Balaban J connectivity index is 1.53. The maximum atomic E-state index is 12.6. The Labute approximate surface area is 190 Å². The summed E-state index contributed by atoms with van der Waals surface area (Å²) < 4.78 is 27.8. The van der Waals surface area contributed by atoms with E-state index >= 15 is 0 Å². The van der Waals surface area contributed by atoms with Crippen LogP contribution < -0.4 is 10.0 Å². The molecule has 0 atom stereocenters. The van der Waals surface area contributed by atoms with Gasteiger partial charge in [-0.1, -0.05) is 51.1 Å². The highest BCUT2D eigenvalue weighted by Gasteiger charge is 2.17. The van der Waals surface area contributed by atoms with Gasteiger partial charge in [0.2, 0.25) is 10.0 Å². The molecule has 3 aromatic rings. The SMILES string of the molecule is CC(C)(C)c1ccc(S(=O)(=O)NCc2ccc(C(=O)NCCc3cccnc3)cc2)cc1. The minimum absolute atomic E-state index is 0.0392. The van der Waals surface area contributed by atoms with Gasteiger partial charge in [0.05, 0.1) is 4.90 Å². The number of aromatic nitrogens is 1. The number of hydrogen-bond acceptors (Lipinski definition) is 4. The Morgan fingerprint density at radius 2 is 1.62 bits per heavy atom. The number of benzene rings is 2. The lowest BCUT2D eigenvalue weighted by atomic mass is 9.87. The molecule has 0 aliphatic heterocycles. The third-order valence-electron chi connectivity index (χ3n) is 5.14. The van der Waals surface area contributed by atoms with Crippen LogP contribution >= 0.6 is 0 Å². The molecule has 6 nitrogen and oxygen atoms in total. The summed E-state index contributed by atoms with van der Waals surface area (Å²) in [5, 5.41) is 2.88. The van der Waals surface area contributed by atoms with Crippen LogP contribution in [0.1, 0.15) is 47.8 Å². The number of nitrogens with zero attached hydrogens (tertiary/aromatic N) is 1. The van der Waals surface area contributed by atoms with Crippen molar-refractivity contribution in [2.24, 2.45) is 0 Å². The fourth-order valence-corrected chi connectivity index (χ4v) is 4.16. The summed E-state index contributed by atoms with van der Waals surface area (Å²) >= 11 is 0. The van der Waals surface area contributed by atoms with Crippen LogP contribution in [0.2, 0.25) is 0 Å². The van der Waals surface area contributed by atoms with Gasteiger partial charge < -0.3 is 5.32 Å². The quantitative estimate of drug-likeness (QED) is 0.545. The maximum absolute atomic E-state index is 12.6. The third kappa shape index (κ3) is 6.48. The molecule has 0 saturated heterocycles. The first kappa shape index (κ1) is 23.6. The molecular weight excluding hydrogens is 422 g/mol. The van der Waals surface area contributed by atoms with Gasteiger partial charge in [-0.05, 0) is 58.9 Å². The van der Waals surface area contributed by atoms with Crippen molar-refractivity contribution in [2.45, 2.75) is 44.0 Å². The van der Waals surface area contributed by atoms with Crippen LogP contribution in [0.15, 0.2) is 78.0 Å². The Morgan fingerprint density at radius 1 is 0.938 bits per heavy atom. The smallest absolute Gasteiger partial charge is 0.251 e. The molecule has 0 bridgehead atoms. The molecule has 168 valence electrons. The van der Waals surface area contributed by atoms with Crippen molar-refractivity contribution in [3.63, 3.8) is 0 Å². The number of rotatable bonds is 8. The number of nitrogens with one attached hydrogen (secondary N) is 2. The van der Waals surface area contributed by atoms with Crippen LogP contribution in [0.4, 0.5) is 0 Å². The molecule has 0 fully saturated rings. The van der Waals surface area contributed by atoms with E-state index in [-0.39, 0.29) is 22.8 Å². The van der Waals surface area contributed by atoms with Crippen LogP contribution in [0.3, 0.4) is 0 Å². The zero-order valence-corrected chi connectivity index (χ0v) is 19.4. The van der Waals surface area contributed by atoms with E-state index in [2.05, 4.69) is 35.8 Å². The summed E-state index contributed by atoms with van der Waals surface area (Å²) in [6.07, 6.45) is 4.20. The molecule has 3 rings (SSSR count). The second-order valence-electron chi connectivity index (χ2n) is 8.66. The number of carbonyl (C=O) groups is 1. The zero-order chi connectivity index (χ0) is 23.2. The zero-order valence-electron chi connectivity index (χ0n) is 18.6. The topological polar surface area (TPSA) is 88.2 Å². The highest BCUT2D eigenvalue weighted by atomic mass is 32.2. The molecule has 0 aliphatic carbocycles. The average molecular weight is 452 g/mol. The molecule has 0 spiro atoms. The van der Waals surface area contributed by atoms with Crippen molar-refractivity contribution >= 4 is 15.9 Å². The predicted octanol–water partition coefficient (Wildman–Crippen LogP) is 3.83. The van der Waals surface area contributed by atoms with Gasteiger partial charge in [-0.3, -0.25) is 9.78 Å². The maximum Gasteiger partial charge on any atom is 0.251 e. The Morgan fingerprint density at radius 3 is 2.22 bits per heavy atom. The largest absolute Gasteiger partial charge is 0.352 e. The van der Waals surface area contributed by atoms with E-state index in [0.717, 1.165) is 16.7 Å². The van der Waals surface area contributed by atoms with Crippen LogP contribution in [0, 0.1) is 0 Å². The molecule has 0 saturated carbocycles. The second-order valence-corrected chi connectivity index (χ2v) is 10.4. The monoisotopic (exact) mass is 451 g/mol. The van der Waals surface area contributed by atoms with Crippen molar-refractivity contribution in [3.05, 3.63) is 95.3 Å². The third-order valence-corrected chi connectivity index (χ3v) is 6.55. The number of carbonyl (C=O) groups excluding carboxylic acids is 1. The Bertz CT molecular complexity index is 1140. The number of sulfonamides is 1. The van der Waals surface area contributed by atoms with Crippen molar-refractivity contribution in [1.82, 2.24) is 15.0 Å². The number of hydrogen-bond donors (Lipinski definition) is 2. The lowest BCUT2D eigenvalue weighted by Gasteiger charge is -2.19. The molecular formula is C25H29N3O3S. The highest BCUT2D eigenvalue weighted by molar-refractivity contribution is 7.89. The molecule has 2 N–H and O–H groups in total. The molecule has 0 unspecified atom stereocenters. The van der Waals surface area contributed by atoms with E-state index in [1.54, 1.807) is 48.8 Å². The fraction of sp³-hybridized carbons (Fsp3) is 0.280. The molecule has 0 radical (unpaired) electrons. The van der Waals surface area contributed by atoms with Crippen LogP contribution in [-0.2, 0) is 28.4 Å². The van der Waals surface area contributed by atoms with Crippen LogP contribution in [-0.4, -0.2) is 25.9 Å². The highest BCUT2D eigenvalue weighted by Crippen LogP contribution is 2.23. The van der Waals surface area contributed by atoms with E-state index < -0.39 is 10.0 Å². The van der Waals surface area contributed by atoms with E-state index in [4.69, 9.17) is 0 Å². The Hall–Kier alpha value is -3.03. The molecule has 1 heterocycles. The van der Waals surface area contributed by atoms with Gasteiger partial charge >= 0.3 is 0 Å².